The van der Waals surface area contributed by atoms with Crippen LogP contribution in [-0.2, 0) is 10.0 Å². The molecule has 0 bridgehead atoms. The predicted molar refractivity (Wildman–Crippen MR) is 105 cm³/mol. The molecular weight excluding hydrogens is 404 g/mol. The molecule has 0 saturated carbocycles. The van der Waals surface area contributed by atoms with E-state index in [9.17, 15) is 13.2 Å². The Morgan fingerprint density at radius 3 is 2.44 bits per heavy atom. The van der Waals surface area contributed by atoms with Gasteiger partial charge >= 0.3 is 0 Å². The Labute approximate surface area is 160 Å². The first-order valence-electron chi connectivity index (χ1n) is 8.60. The van der Waals surface area contributed by atoms with Crippen LogP contribution in [0, 0.1) is 0 Å². The molecule has 0 spiro atoms. The van der Waals surface area contributed by atoms with Crippen LogP contribution in [0.2, 0.25) is 0 Å². The van der Waals surface area contributed by atoms with Crippen molar-refractivity contribution in [3.8, 4) is 0 Å². The van der Waals surface area contributed by atoms with E-state index in [0.29, 0.717) is 10.0 Å². The molecule has 0 aliphatic heterocycles. The van der Waals surface area contributed by atoms with Gasteiger partial charge in [0.1, 0.15) is 0 Å². The second-order valence-corrected chi connectivity index (χ2v) is 9.90. The summed E-state index contributed by atoms with van der Waals surface area (Å²) in [5, 5.41) is 2.94. The van der Waals surface area contributed by atoms with E-state index in [4.69, 9.17) is 0 Å². The fraction of sp³-hybridized carbons (Fsp3) is 0.611. The quantitative estimate of drug-likeness (QED) is 0.603. The first kappa shape index (κ1) is 22.1. The van der Waals surface area contributed by atoms with Crippen LogP contribution in [0.15, 0.2) is 27.6 Å². The molecule has 0 aromatic heterocycles. The summed E-state index contributed by atoms with van der Waals surface area (Å²) in [4.78, 5) is 12.6. The van der Waals surface area contributed by atoms with Gasteiger partial charge in [-0.2, -0.15) is 0 Å². The molecule has 1 aromatic rings. The van der Waals surface area contributed by atoms with Gasteiger partial charge in [-0.25, -0.2) is 13.1 Å². The maximum atomic E-state index is 12.5. The maximum absolute atomic E-state index is 12.5. The number of nitrogens with one attached hydrogen (secondary N) is 2. The smallest absolute Gasteiger partial charge is 0.252 e. The van der Waals surface area contributed by atoms with Crippen molar-refractivity contribution in [2.24, 2.45) is 0 Å². The molecule has 1 rings (SSSR count). The minimum Gasteiger partial charge on any atom is -0.350 e. The number of amides is 1. The molecule has 2 N–H and O–H groups in total. The van der Waals surface area contributed by atoms with Crippen LogP contribution in [0.1, 0.15) is 70.7 Å². The average molecular weight is 433 g/mol. The van der Waals surface area contributed by atoms with Crippen molar-refractivity contribution < 1.29 is 13.2 Å². The van der Waals surface area contributed by atoms with Crippen molar-refractivity contribution in [1.29, 1.82) is 0 Å². The summed E-state index contributed by atoms with van der Waals surface area (Å²) in [6.45, 7) is 9.42. The third kappa shape index (κ3) is 7.46. The van der Waals surface area contributed by atoms with Crippen molar-refractivity contribution in [1.82, 2.24) is 10.0 Å². The molecule has 25 heavy (non-hydrogen) atoms. The van der Waals surface area contributed by atoms with E-state index >= 15 is 0 Å². The summed E-state index contributed by atoms with van der Waals surface area (Å²) in [5.74, 6) is -0.274. The molecular formula is C18H29BrN2O3S. The largest absolute Gasteiger partial charge is 0.350 e. The lowest BCUT2D eigenvalue weighted by molar-refractivity contribution is 0.0937. The molecule has 0 saturated heterocycles. The van der Waals surface area contributed by atoms with Crippen molar-refractivity contribution in [3.63, 3.8) is 0 Å². The van der Waals surface area contributed by atoms with E-state index in [1.54, 1.807) is 26.8 Å². The molecule has 1 atom stereocenters. The van der Waals surface area contributed by atoms with Gasteiger partial charge in [0.2, 0.25) is 10.0 Å². The van der Waals surface area contributed by atoms with E-state index in [0.717, 1.165) is 25.7 Å². The summed E-state index contributed by atoms with van der Waals surface area (Å²) >= 11 is 3.34. The lowest BCUT2D eigenvalue weighted by Crippen LogP contribution is -2.40. The molecule has 5 nitrogen and oxygen atoms in total. The van der Waals surface area contributed by atoms with Gasteiger partial charge in [0.15, 0.2) is 0 Å². The van der Waals surface area contributed by atoms with Crippen LogP contribution in [-0.4, -0.2) is 25.9 Å². The number of carbonyl (C=O) groups is 1. The molecule has 7 heteroatoms. The third-order valence-corrected chi connectivity index (χ3v) is 6.00. The van der Waals surface area contributed by atoms with Crippen LogP contribution in [0.5, 0.6) is 0 Å². The molecule has 0 radical (unpaired) electrons. The normalized spacial score (nSPS) is 13.5. The number of benzene rings is 1. The van der Waals surface area contributed by atoms with Crippen LogP contribution < -0.4 is 10.0 Å². The van der Waals surface area contributed by atoms with Gasteiger partial charge in [0, 0.05) is 16.1 Å². The van der Waals surface area contributed by atoms with E-state index in [1.807, 2.05) is 6.92 Å². The molecule has 1 unspecified atom stereocenters. The lowest BCUT2D eigenvalue weighted by Gasteiger charge is -2.21. The molecule has 1 aromatic carbocycles. The van der Waals surface area contributed by atoms with Crippen LogP contribution in [0.25, 0.3) is 0 Å². The van der Waals surface area contributed by atoms with E-state index < -0.39 is 15.6 Å². The summed E-state index contributed by atoms with van der Waals surface area (Å²) in [5.41, 5.74) is -0.276. The standard InChI is InChI=1S/C18H29BrN2O3S/c1-6-7-8-9-13(2)20-17(22)15-12-14(10-11-16(15)19)25(23,24)21-18(3,4)5/h10-13,21H,6-9H2,1-5H3,(H,20,22). The number of hydrogen-bond acceptors (Lipinski definition) is 3. The van der Waals surface area contributed by atoms with Gasteiger partial charge in [0.25, 0.3) is 5.91 Å². The zero-order valence-electron chi connectivity index (χ0n) is 15.6. The van der Waals surface area contributed by atoms with Gasteiger partial charge in [-0.05, 0) is 68.2 Å². The fourth-order valence-electron chi connectivity index (χ4n) is 2.38. The number of rotatable bonds is 8. The highest BCUT2D eigenvalue weighted by Gasteiger charge is 2.24. The Bertz CT molecular complexity index is 697. The maximum Gasteiger partial charge on any atom is 0.252 e. The summed E-state index contributed by atoms with van der Waals surface area (Å²) in [6.07, 6.45) is 4.23. The van der Waals surface area contributed by atoms with Crippen LogP contribution in [0.4, 0.5) is 0 Å². The highest BCUT2D eigenvalue weighted by molar-refractivity contribution is 9.10. The van der Waals surface area contributed by atoms with Crippen molar-refractivity contribution in [2.45, 2.75) is 76.8 Å². The van der Waals surface area contributed by atoms with Crippen molar-refractivity contribution in [2.75, 3.05) is 0 Å². The monoisotopic (exact) mass is 432 g/mol. The SMILES string of the molecule is CCCCCC(C)NC(=O)c1cc(S(=O)(=O)NC(C)(C)C)ccc1Br. The second kappa shape index (κ2) is 9.14. The zero-order valence-corrected chi connectivity index (χ0v) is 18.1. The van der Waals surface area contributed by atoms with E-state index in [-0.39, 0.29) is 16.8 Å². The molecule has 0 heterocycles. The molecule has 0 fully saturated rings. The number of carbonyl (C=O) groups excluding carboxylic acids is 1. The number of unbranched alkanes of at least 4 members (excludes halogenated alkanes) is 2. The fourth-order valence-corrected chi connectivity index (χ4v) is 4.25. The minimum atomic E-state index is -3.69. The molecule has 0 aliphatic rings. The van der Waals surface area contributed by atoms with Crippen molar-refractivity contribution >= 4 is 31.9 Å². The van der Waals surface area contributed by atoms with Gasteiger partial charge in [-0.15, -0.1) is 0 Å². The molecule has 142 valence electrons. The van der Waals surface area contributed by atoms with Crippen LogP contribution in [0.3, 0.4) is 0 Å². The first-order chi connectivity index (χ1) is 11.5. The molecule has 0 aliphatic carbocycles. The highest BCUT2D eigenvalue weighted by Crippen LogP contribution is 2.22. The summed E-state index contributed by atoms with van der Waals surface area (Å²) < 4.78 is 28.1. The van der Waals surface area contributed by atoms with Gasteiger partial charge in [-0.3, -0.25) is 4.79 Å². The first-order valence-corrected chi connectivity index (χ1v) is 10.9. The topological polar surface area (TPSA) is 75.3 Å². The van der Waals surface area contributed by atoms with E-state index in [2.05, 4.69) is 32.9 Å². The van der Waals surface area contributed by atoms with Gasteiger partial charge < -0.3 is 5.32 Å². The Morgan fingerprint density at radius 1 is 1.24 bits per heavy atom. The Morgan fingerprint density at radius 2 is 1.88 bits per heavy atom. The lowest BCUT2D eigenvalue weighted by atomic mass is 10.1. The number of sulfonamides is 1. The predicted octanol–water partition coefficient (Wildman–Crippen LogP) is 4.22. The second-order valence-electron chi connectivity index (χ2n) is 7.37. The Balaban J connectivity index is 2.96. The zero-order chi connectivity index (χ0) is 19.3. The Kier molecular flexibility index (Phi) is 8.09. The third-order valence-electron chi connectivity index (χ3n) is 3.55. The highest BCUT2D eigenvalue weighted by atomic mass is 79.9. The van der Waals surface area contributed by atoms with E-state index in [1.165, 1.54) is 12.1 Å². The molecule has 1 amide bonds. The van der Waals surface area contributed by atoms with Gasteiger partial charge in [0.05, 0.1) is 10.5 Å². The minimum absolute atomic E-state index is 0.0407. The summed E-state index contributed by atoms with van der Waals surface area (Å²) in [6, 6.07) is 4.53. The van der Waals surface area contributed by atoms with Crippen LogP contribution >= 0.6 is 15.9 Å². The Hall–Kier alpha value is -0.920. The number of hydrogen-bond donors (Lipinski definition) is 2. The average Bonchev–Trinajstić information content (AvgIpc) is 2.45. The van der Waals surface area contributed by atoms with Gasteiger partial charge in [-0.1, -0.05) is 26.2 Å². The number of halogens is 1. The van der Waals surface area contributed by atoms with Crippen molar-refractivity contribution in [3.05, 3.63) is 28.2 Å². The summed E-state index contributed by atoms with van der Waals surface area (Å²) in [7, 11) is -3.69.